The van der Waals surface area contributed by atoms with Gasteiger partial charge in [-0.1, -0.05) is 164 Å². The zero-order valence-electron chi connectivity index (χ0n) is 28.6. The van der Waals surface area contributed by atoms with E-state index in [9.17, 15) is 0 Å². The number of aromatic nitrogens is 3. The molecule has 0 aliphatic heterocycles. The van der Waals surface area contributed by atoms with Crippen molar-refractivity contribution >= 4 is 32.7 Å². The fourth-order valence-electron chi connectivity index (χ4n) is 7.27. The molecule has 10 aromatic rings. The van der Waals surface area contributed by atoms with Gasteiger partial charge in [0.1, 0.15) is 11.2 Å². The number of nitrogens with zero attached hydrogens (tertiary/aromatic N) is 3. The average Bonchev–Trinajstić information content (AvgIpc) is 3.62. The third-order valence-electron chi connectivity index (χ3n) is 9.94. The first-order valence-corrected chi connectivity index (χ1v) is 17.8. The van der Waals surface area contributed by atoms with Gasteiger partial charge in [0.25, 0.3) is 0 Å². The van der Waals surface area contributed by atoms with Crippen LogP contribution in [0.4, 0.5) is 0 Å². The lowest BCUT2D eigenvalue weighted by Gasteiger charge is -2.10. The van der Waals surface area contributed by atoms with Crippen molar-refractivity contribution in [3.8, 4) is 67.5 Å². The van der Waals surface area contributed by atoms with Crippen LogP contribution in [0.2, 0.25) is 0 Å². The Morgan fingerprint density at radius 3 is 1.43 bits per heavy atom. The van der Waals surface area contributed by atoms with E-state index in [2.05, 4.69) is 146 Å². The number of rotatable bonds is 6. The highest BCUT2D eigenvalue weighted by molar-refractivity contribution is 6.19. The van der Waals surface area contributed by atoms with Crippen molar-refractivity contribution < 1.29 is 4.42 Å². The van der Waals surface area contributed by atoms with Crippen molar-refractivity contribution in [3.63, 3.8) is 0 Å². The molecule has 53 heavy (non-hydrogen) atoms. The van der Waals surface area contributed by atoms with Gasteiger partial charge in [-0.05, 0) is 63.0 Å². The van der Waals surface area contributed by atoms with E-state index in [1.54, 1.807) is 0 Å². The van der Waals surface area contributed by atoms with E-state index in [-0.39, 0.29) is 0 Å². The van der Waals surface area contributed by atoms with Gasteiger partial charge < -0.3 is 4.42 Å². The average molecular weight is 678 g/mol. The maximum absolute atomic E-state index is 6.72. The first-order chi connectivity index (χ1) is 26.2. The maximum atomic E-state index is 6.72. The van der Waals surface area contributed by atoms with E-state index >= 15 is 0 Å². The number of hydrogen-bond acceptors (Lipinski definition) is 4. The number of furan rings is 1. The Labute approximate surface area is 306 Å². The van der Waals surface area contributed by atoms with Crippen molar-refractivity contribution in [1.82, 2.24) is 15.0 Å². The summed E-state index contributed by atoms with van der Waals surface area (Å²) in [5.41, 5.74) is 11.4. The van der Waals surface area contributed by atoms with Gasteiger partial charge in [0.15, 0.2) is 17.5 Å². The summed E-state index contributed by atoms with van der Waals surface area (Å²) in [5, 5.41) is 4.35. The van der Waals surface area contributed by atoms with Gasteiger partial charge in [-0.25, -0.2) is 15.0 Å². The Balaban J connectivity index is 1.10. The lowest BCUT2D eigenvalue weighted by molar-refractivity contribution is 0.673. The molecular formula is C49H31N3O. The number of fused-ring (bicyclic) bond motifs is 5. The van der Waals surface area contributed by atoms with Crippen LogP contribution in [0.25, 0.3) is 100 Å². The molecule has 0 spiro atoms. The summed E-state index contributed by atoms with van der Waals surface area (Å²) < 4.78 is 6.72. The zero-order valence-corrected chi connectivity index (χ0v) is 28.6. The molecule has 0 N–H and O–H groups in total. The van der Waals surface area contributed by atoms with E-state index < -0.39 is 0 Å². The Kier molecular flexibility index (Phi) is 7.43. The van der Waals surface area contributed by atoms with Gasteiger partial charge in [0.05, 0.1) is 0 Å². The van der Waals surface area contributed by atoms with E-state index in [1.165, 1.54) is 16.7 Å². The topological polar surface area (TPSA) is 51.8 Å². The van der Waals surface area contributed by atoms with Gasteiger partial charge in [0.2, 0.25) is 0 Å². The molecule has 0 amide bonds. The summed E-state index contributed by atoms with van der Waals surface area (Å²) in [6, 6.07) is 65.2. The van der Waals surface area contributed by atoms with E-state index in [0.717, 1.165) is 66.1 Å². The Morgan fingerprint density at radius 1 is 0.283 bits per heavy atom. The summed E-state index contributed by atoms with van der Waals surface area (Å²) in [7, 11) is 0. The standard InChI is InChI=1S/C49H31N3O/c1-4-13-32(14-5-1)34-23-25-35(26-24-34)43-31-44-41-28-27-39(30-45(41)53-46(44)42-22-11-10-21-40(42)43)49-51-47(36-17-8-3-9-18-36)50-48(52-49)38-20-12-19-37(29-38)33-15-6-2-7-16-33/h1-31H. The molecule has 248 valence electrons. The van der Waals surface area contributed by atoms with Gasteiger partial charge in [-0.2, -0.15) is 0 Å². The predicted octanol–water partition coefficient (Wildman–Crippen LogP) is 12.9. The van der Waals surface area contributed by atoms with Crippen LogP contribution in [0.5, 0.6) is 0 Å². The summed E-state index contributed by atoms with van der Waals surface area (Å²) in [6.45, 7) is 0. The Morgan fingerprint density at radius 2 is 0.755 bits per heavy atom. The van der Waals surface area contributed by atoms with Crippen LogP contribution in [-0.4, -0.2) is 15.0 Å². The molecule has 10 rings (SSSR count). The third kappa shape index (κ3) is 5.63. The molecule has 0 saturated carbocycles. The number of benzene rings is 8. The van der Waals surface area contributed by atoms with Crippen LogP contribution in [0, 0.1) is 0 Å². The van der Waals surface area contributed by atoms with Crippen molar-refractivity contribution in [2.24, 2.45) is 0 Å². The molecule has 0 bridgehead atoms. The predicted molar refractivity (Wildman–Crippen MR) is 217 cm³/mol. The molecule has 4 heteroatoms. The van der Waals surface area contributed by atoms with Gasteiger partial charge in [-0.15, -0.1) is 0 Å². The Bertz CT molecular complexity index is 2920. The Hall–Kier alpha value is -7.17. The monoisotopic (exact) mass is 677 g/mol. The molecule has 0 radical (unpaired) electrons. The molecule has 2 heterocycles. The molecule has 0 saturated heterocycles. The molecule has 0 fully saturated rings. The minimum atomic E-state index is 0.588. The molecule has 0 aliphatic rings. The first-order valence-electron chi connectivity index (χ1n) is 17.8. The summed E-state index contributed by atoms with van der Waals surface area (Å²) in [4.78, 5) is 15.1. The normalized spacial score (nSPS) is 11.4. The van der Waals surface area contributed by atoms with Crippen LogP contribution in [0.3, 0.4) is 0 Å². The quantitative estimate of drug-likeness (QED) is 0.176. The second-order valence-electron chi connectivity index (χ2n) is 13.2. The minimum absolute atomic E-state index is 0.588. The highest BCUT2D eigenvalue weighted by Gasteiger charge is 2.18. The molecule has 0 atom stereocenters. The highest BCUT2D eigenvalue weighted by atomic mass is 16.3. The van der Waals surface area contributed by atoms with Crippen LogP contribution >= 0.6 is 0 Å². The maximum Gasteiger partial charge on any atom is 0.164 e. The minimum Gasteiger partial charge on any atom is -0.455 e. The largest absolute Gasteiger partial charge is 0.455 e. The fourth-order valence-corrected chi connectivity index (χ4v) is 7.27. The summed E-state index contributed by atoms with van der Waals surface area (Å²) >= 11 is 0. The molecule has 0 aliphatic carbocycles. The second-order valence-corrected chi connectivity index (χ2v) is 13.2. The smallest absolute Gasteiger partial charge is 0.164 e. The van der Waals surface area contributed by atoms with Crippen LogP contribution in [-0.2, 0) is 0 Å². The summed E-state index contributed by atoms with van der Waals surface area (Å²) in [5.74, 6) is 1.82. The van der Waals surface area contributed by atoms with Gasteiger partial charge >= 0.3 is 0 Å². The molecular weight excluding hydrogens is 647 g/mol. The van der Waals surface area contributed by atoms with Crippen molar-refractivity contribution in [1.29, 1.82) is 0 Å². The van der Waals surface area contributed by atoms with Gasteiger partial charge in [0, 0.05) is 32.8 Å². The second kappa shape index (κ2) is 12.9. The van der Waals surface area contributed by atoms with E-state index in [1.807, 2.05) is 42.5 Å². The van der Waals surface area contributed by atoms with Crippen LogP contribution in [0.15, 0.2) is 192 Å². The SMILES string of the molecule is c1ccc(-c2ccc(-c3cc4c5ccc(-c6nc(-c7ccccc7)nc(-c7cccc(-c8ccccc8)c7)n6)cc5oc4c4ccccc34)cc2)cc1. The van der Waals surface area contributed by atoms with Crippen LogP contribution in [0.1, 0.15) is 0 Å². The molecule has 2 aromatic heterocycles. The lowest BCUT2D eigenvalue weighted by Crippen LogP contribution is -2.00. The molecule has 4 nitrogen and oxygen atoms in total. The zero-order chi connectivity index (χ0) is 35.1. The van der Waals surface area contributed by atoms with Crippen LogP contribution < -0.4 is 0 Å². The fraction of sp³-hybridized carbons (Fsp3) is 0. The molecule has 0 unspecified atom stereocenters. The number of hydrogen-bond donors (Lipinski definition) is 0. The third-order valence-corrected chi connectivity index (χ3v) is 9.94. The van der Waals surface area contributed by atoms with E-state index in [0.29, 0.717) is 17.5 Å². The van der Waals surface area contributed by atoms with Gasteiger partial charge in [-0.3, -0.25) is 0 Å². The van der Waals surface area contributed by atoms with Crippen molar-refractivity contribution in [3.05, 3.63) is 188 Å². The summed E-state index contributed by atoms with van der Waals surface area (Å²) in [6.07, 6.45) is 0. The molecule has 8 aromatic carbocycles. The van der Waals surface area contributed by atoms with Crippen molar-refractivity contribution in [2.45, 2.75) is 0 Å². The lowest BCUT2D eigenvalue weighted by atomic mass is 9.94. The van der Waals surface area contributed by atoms with E-state index in [4.69, 9.17) is 19.4 Å². The first kappa shape index (κ1) is 30.6. The highest BCUT2D eigenvalue weighted by Crippen LogP contribution is 2.41. The van der Waals surface area contributed by atoms with Crippen molar-refractivity contribution in [2.75, 3.05) is 0 Å².